The summed E-state index contributed by atoms with van der Waals surface area (Å²) in [6.07, 6.45) is 2.47. The first kappa shape index (κ1) is 24.2. The predicted octanol–water partition coefficient (Wildman–Crippen LogP) is 4.70. The minimum atomic E-state index is -0.532. The van der Waals surface area contributed by atoms with Crippen molar-refractivity contribution in [1.29, 1.82) is 0 Å². The van der Waals surface area contributed by atoms with E-state index < -0.39 is 6.04 Å². The third-order valence-electron chi connectivity index (χ3n) is 4.83. The highest BCUT2D eigenvalue weighted by Gasteiger charge is 2.28. The number of aryl methyl sites for hydroxylation is 1. The van der Waals surface area contributed by atoms with Crippen LogP contribution in [0.3, 0.4) is 0 Å². The summed E-state index contributed by atoms with van der Waals surface area (Å²) >= 11 is 2.22. The first-order chi connectivity index (χ1) is 14.4. The van der Waals surface area contributed by atoms with Crippen LogP contribution in [-0.2, 0) is 16.1 Å². The van der Waals surface area contributed by atoms with E-state index in [1.165, 1.54) is 0 Å². The highest BCUT2D eigenvalue weighted by molar-refractivity contribution is 14.1. The lowest BCUT2D eigenvalue weighted by atomic mass is 10.1. The van der Waals surface area contributed by atoms with Crippen molar-refractivity contribution in [3.05, 3.63) is 63.2 Å². The van der Waals surface area contributed by atoms with Crippen molar-refractivity contribution in [3.8, 4) is 5.75 Å². The summed E-state index contributed by atoms with van der Waals surface area (Å²) in [4.78, 5) is 27.6. The Balaban J connectivity index is 2.16. The molecule has 2 rings (SSSR count). The number of halogens is 1. The number of rotatable bonds is 11. The Bertz CT molecular complexity index is 823. The number of nitrogens with zero attached hydrogens (tertiary/aromatic N) is 1. The van der Waals surface area contributed by atoms with E-state index in [4.69, 9.17) is 4.74 Å². The lowest BCUT2D eigenvalue weighted by Gasteiger charge is -2.30. The second kappa shape index (κ2) is 12.6. The van der Waals surface area contributed by atoms with E-state index in [1.807, 2.05) is 62.4 Å². The van der Waals surface area contributed by atoms with Crippen LogP contribution in [0.2, 0.25) is 0 Å². The van der Waals surface area contributed by atoms with Gasteiger partial charge in [-0.15, -0.1) is 0 Å². The Morgan fingerprint density at radius 1 is 1.13 bits per heavy atom. The molecule has 0 radical (unpaired) electrons. The van der Waals surface area contributed by atoms with Gasteiger partial charge in [0.2, 0.25) is 5.91 Å². The maximum Gasteiger partial charge on any atom is 0.261 e. The minimum absolute atomic E-state index is 0.106. The van der Waals surface area contributed by atoms with Crippen molar-refractivity contribution in [3.63, 3.8) is 0 Å². The average Bonchev–Trinajstić information content (AvgIpc) is 2.73. The lowest BCUT2D eigenvalue weighted by molar-refractivity contribution is -0.143. The van der Waals surface area contributed by atoms with Crippen molar-refractivity contribution < 1.29 is 14.3 Å². The predicted molar refractivity (Wildman–Crippen MR) is 128 cm³/mol. The van der Waals surface area contributed by atoms with Crippen molar-refractivity contribution in [2.75, 3.05) is 13.2 Å². The monoisotopic (exact) mass is 522 g/mol. The Morgan fingerprint density at radius 3 is 2.50 bits per heavy atom. The number of benzene rings is 2. The molecule has 0 bridgehead atoms. The highest BCUT2D eigenvalue weighted by Crippen LogP contribution is 2.16. The fourth-order valence-corrected chi connectivity index (χ4v) is 3.55. The van der Waals surface area contributed by atoms with E-state index in [2.05, 4.69) is 34.8 Å². The van der Waals surface area contributed by atoms with Crippen LogP contribution in [0.1, 0.15) is 44.2 Å². The van der Waals surface area contributed by atoms with E-state index in [0.29, 0.717) is 25.3 Å². The third-order valence-corrected chi connectivity index (χ3v) is 5.55. The molecule has 0 saturated carbocycles. The van der Waals surface area contributed by atoms with Gasteiger partial charge in [0.05, 0.1) is 0 Å². The second-order valence-corrected chi connectivity index (χ2v) is 8.57. The fourth-order valence-electron chi connectivity index (χ4n) is 3.19. The largest absolute Gasteiger partial charge is 0.484 e. The van der Waals surface area contributed by atoms with Gasteiger partial charge in [-0.1, -0.05) is 50.1 Å². The topological polar surface area (TPSA) is 58.6 Å². The number of amides is 2. The summed E-state index contributed by atoms with van der Waals surface area (Å²) < 4.78 is 6.81. The molecule has 0 spiro atoms. The highest BCUT2D eigenvalue weighted by atomic mass is 127. The van der Waals surface area contributed by atoms with Crippen molar-refractivity contribution in [2.45, 2.75) is 52.6 Å². The molecule has 2 aromatic carbocycles. The van der Waals surface area contributed by atoms with Crippen LogP contribution in [0.25, 0.3) is 0 Å². The molecule has 1 N–H and O–H groups in total. The van der Waals surface area contributed by atoms with Crippen molar-refractivity contribution >= 4 is 34.4 Å². The van der Waals surface area contributed by atoms with Gasteiger partial charge in [0.15, 0.2) is 6.61 Å². The summed E-state index contributed by atoms with van der Waals surface area (Å²) in [5.74, 6) is 0.327. The van der Waals surface area contributed by atoms with Gasteiger partial charge in [0.25, 0.3) is 5.91 Å². The zero-order valence-corrected chi connectivity index (χ0v) is 20.1. The summed E-state index contributed by atoms with van der Waals surface area (Å²) in [7, 11) is 0. The quantitative estimate of drug-likeness (QED) is 0.344. The zero-order valence-electron chi connectivity index (χ0n) is 18.0. The first-order valence-corrected chi connectivity index (χ1v) is 11.5. The number of carbonyl (C=O) groups excluding carboxylic acids is 2. The van der Waals surface area contributed by atoms with Gasteiger partial charge >= 0.3 is 0 Å². The molecule has 0 unspecified atom stereocenters. The molecule has 30 heavy (non-hydrogen) atoms. The Labute approximate surface area is 193 Å². The standard InChI is InChI=1S/C24H31IN2O3/c1-4-6-14-26-24(29)22(5-2)27(16-19-9-7-8-18(3)15-19)23(28)17-30-21-12-10-20(25)11-13-21/h7-13,15,22H,4-6,14,16-17H2,1-3H3,(H,26,29)/t22-/m1/s1. The molecule has 2 aromatic rings. The van der Waals surface area contributed by atoms with E-state index in [-0.39, 0.29) is 18.4 Å². The Hall–Kier alpha value is -2.09. The van der Waals surface area contributed by atoms with Crippen LogP contribution >= 0.6 is 22.6 Å². The second-order valence-electron chi connectivity index (χ2n) is 7.32. The van der Waals surface area contributed by atoms with Crippen LogP contribution < -0.4 is 10.1 Å². The molecular formula is C24H31IN2O3. The molecule has 1 atom stereocenters. The smallest absolute Gasteiger partial charge is 0.261 e. The first-order valence-electron chi connectivity index (χ1n) is 10.5. The van der Waals surface area contributed by atoms with Gasteiger partial charge in [0, 0.05) is 16.7 Å². The molecule has 0 aliphatic heterocycles. The number of unbranched alkanes of at least 4 members (excludes halogenated alkanes) is 1. The molecule has 162 valence electrons. The molecule has 2 amide bonds. The maximum absolute atomic E-state index is 13.1. The summed E-state index contributed by atoms with van der Waals surface area (Å²) in [5, 5.41) is 2.97. The summed E-state index contributed by atoms with van der Waals surface area (Å²) in [6.45, 7) is 6.92. The molecule has 0 aliphatic rings. The van der Waals surface area contributed by atoms with Gasteiger partial charge in [-0.2, -0.15) is 0 Å². The van der Waals surface area contributed by atoms with Crippen LogP contribution in [0.5, 0.6) is 5.75 Å². The van der Waals surface area contributed by atoms with E-state index in [1.54, 1.807) is 4.90 Å². The van der Waals surface area contributed by atoms with Gasteiger partial charge < -0.3 is 15.0 Å². The zero-order chi connectivity index (χ0) is 21.9. The molecule has 0 fully saturated rings. The molecule has 6 heteroatoms. The SMILES string of the molecule is CCCCNC(=O)[C@@H](CC)N(Cc1cccc(C)c1)C(=O)COc1ccc(I)cc1. The van der Waals surface area contributed by atoms with Crippen LogP contribution in [0.4, 0.5) is 0 Å². The molecule has 0 aliphatic carbocycles. The van der Waals surface area contributed by atoms with Crippen molar-refractivity contribution in [1.82, 2.24) is 10.2 Å². The molecule has 0 saturated heterocycles. The van der Waals surface area contributed by atoms with Gasteiger partial charge in [-0.3, -0.25) is 9.59 Å². The number of nitrogens with one attached hydrogen (secondary N) is 1. The van der Waals surface area contributed by atoms with Crippen LogP contribution in [-0.4, -0.2) is 35.9 Å². The van der Waals surface area contributed by atoms with Crippen LogP contribution in [0.15, 0.2) is 48.5 Å². The summed E-state index contributed by atoms with van der Waals surface area (Å²) in [5.41, 5.74) is 2.12. The molecule has 0 heterocycles. The van der Waals surface area contributed by atoms with Gasteiger partial charge in [0.1, 0.15) is 11.8 Å². The number of hydrogen-bond donors (Lipinski definition) is 1. The minimum Gasteiger partial charge on any atom is -0.484 e. The van der Waals surface area contributed by atoms with Gasteiger partial charge in [-0.05, 0) is 72.2 Å². The maximum atomic E-state index is 13.1. The average molecular weight is 522 g/mol. The third kappa shape index (κ3) is 7.63. The number of ether oxygens (including phenoxy) is 1. The van der Waals surface area contributed by atoms with E-state index >= 15 is 0 Å². The lowest BCUT2D eigenvalue weighted by Crippen LogP contribution is -2.50. The van der Waals surface area contributed by atoms with E-state index in [9.17, 15) is 9.59 Å². The van der Waals surface area contributed by atoms with E-state index in [0.717, 1.165) is 27.5 Å². The Kier molecular flexibility index (Phi) is 10.1. The molecular weight excluding hydrogens is 491 g/mol. The van der Waals surface area contributed by atoms with Gasteiger partial charge in [-0.25, -0.2) is 0 Å². The molecule has 0 aromatic heterocycles. The normalized spacial score (nSPS) is 11.6. The number of hydrogen-bond acceptors (Lipinski definition) is 3. The van der Waals surface area contributed by atoms with Crippen LogP contribution in [0, 0.1) is 10.5 Å². The summed E-state index contributed by atoms with van der Waals surface area (Å²) in [6, 6.07) is 15.0. The fraction of sp³-hybridized carbons (Fsp3) is 0.417. The Morgan fingerprint density at radius 2 is 1.87 bits per heavy atom. The van der Waals surface area contributed by atoms with Crippen molar-refractivity contribution in [2.24, 2.45) is 0 Å². The molecule has 5 nitrogen and oxygen atoms in total. The number of carbonyl (C=O) groups is 2.